The number of hydrogen-bond acceptors (Lipinski definition) is 2. The summed E-state index contributed by atoms with van der Waals surface area (Å²) in [4.78, 5) is 0. The van der Waals surface area contributed by atoms with Gasteiger partial charge >= 0.3 is 0 Å². The van der Waals surface area contributed by atoms with Crippen LogP contribution in [0, 0.1) is 0 Å². The van der Waals surface area contributed by atoms with Crippen LogP contribution in [0.5, 0.6) is 0 Å². The summed E-state index contributed by atoms with van der Waals surface area (Å²) in [5, 5.41) is 0. The van der Waals surface area contributed by atoms with E-state index in [1.165, 1.54) is 5.56 Å². The van der Waals surface area contributed by atoms with E-state index in [4.69, 9.17) is 9.47 Å². The highest BCUT2D eigenvalue weighted by Crippen LogP contribution is 2.52. The van der Waals surface area contributed by atoms with Gasteiger partial charge in [0.15, 0.2) is 6.29 Å². The highest BCUT2D eigenvalue weighted by molar-refractivity contribution is 5.33. The molecule has 2 unspecified atom stereocenters. The molecule has 2 nitrogen and oxygen atoms in total. The number of rotatable bonds is 4. The Bertz CT molecular complexity index is 999. The van der Waals surface area contributed by atoms with Crippen LogP contribution in [0.1, 0.15) is 46.7 Å². The van der Waals surface area contributed by atoms with E-state index in [-0.39, 0.29) is 18.1 Å². The second-order valence-corrected chi connectivity index (χ2v) is 7.61. The van der Waals surface area contributed by atoms with Gasteiger partial charge in [-0.3, -0.25) is 0 Å². The van der Waals surface area contributed by atoms with Crippen molar-refractivity contribution >= 4 is 0 Å². The Kier molecular flexibility index (Phi) is 5.43. The Hall–Kier alpha value is -3.20. The van der Waals surface area contributed by atoms with Gasteiger partial charge in [0.25, 0.3) is 0 Å². The molecular weight excluding hydrogens is 368 g/mol. The van der Waals surface area contributed by atoms with Gasteiger partial charge in [-0.1, -0.05) is 121 Å². The normalized spacial score (nSPS) is 23.7. The molecule has 1 aliphatic rings. The van der Waals surface area contributed by atoms with Gasteiger partial charge in [0.05, 0.1) is 12.2 Å². The maximum absolute atomic E-state index is 6.66. The van der Waals surface area contributed by atoms with E-state index in [0.29, 0.717) is 0 Å². The van der Waals surface area contributed by atoms with Gasteiger partial charge in [-0.25, -0.2) is 0 Å². The summed E-state index contributed by atoms with van der Waals surface area (Å²) in [5.41, 5.74) is 4.57. The summed E-state index contributed by atoms with van der Waals surface area (Å²) in [6.07, 6.45) is -0.683. The second-order valence-electron chi connectivity index (χ2n) is 7.61. The molecular formula is C28H24O2. The Balaban J connectivity index is 1.64. The van der Waals surface area contributed by atoms with E-state index in [0.717, 1.165) is 16.7 Å². The van der Waals surface area contributed by atoms with Gasteiger partial charge in [-0.15, -0.1) is 0 Å². The average Bonchev–Trinajstić information content (AvgIpc) is 2.85. The van der Waals surface area contributed by atoms with Crippen molar-refractivity contribution in [1.82, 2.24) is 0 Å². The Morgan fingerprint density at radius 2 is 0.700 bits per heavy atom. The summed E-state index contributed by atoms with van der Waals surface area (Å²) < 4.78 is 13.3. The van der Waals surface area contributed by atoms with Gasteiger partial charge in [-0.2, -0.15) is 0 Å². The fraction of sp³-hybridized carbons (Fsp3) is 0.143. The van der Waals surface area contributed by atoms with Crippen molar-refractivity contribution in [2.75, 3.05) is 0 Å². The SMILES string of the molecule is c1ccc(C2OC(c3ccccc3)C(c3ccccc3)C(c3ccccc3)O2)cc1. The monoisotopic (exact) mass is 392 g/mol. The van der Waals surface area contributed by atoms with Crippen LogP contribution in [0.25, 0.3) is 0 Å². The van der Waals surface area contributed by atoms with E-state index in [9.17, 15) is 0 Å². The zero-order chi connectivity index (χ0) is 20.2. The van der Waals surface area contributed by atoms with E-state index in [1.54, 1.807) is 0 Å². The molecule has 2 heteroatoms. The topological polar surface area (TPSA) is 18.5 Å². The molecule has 0 spiro atoms. The van der Waals surface area contributed by atoms with Crippen molar-refractivity contribution in [1.29, 1.82) is 0 Å². The van der Waals surface area contributed by atoms with Gasteiger partial charge in [0.2, 0.25) is 0 Å². The first-order chi connectivity index (χ1) is 14.9. The summed E-state index contributed by atoms with van der Waals surface area (Å²) in [6, 6.07) is 41.8. The maximum atomic E-state index is 6.66. The van der Waals surface area contributed by atoms with Crippen LogP contribution >= 0.6 is 0 Å². The largest absolute Gasteiger partial charge is 0.340 e. The zero-order valence-corrected chi connectivity index (χ0v) is 16.7. The molecule has 1 saturated heterocycles. The van der Waals surface area contributed by atoms with E-state index < -0.39 is 6.29 Å². The number of benzene rings is 4. The van der Waals surface area contributed by atoms with Crippen molar-refractivity contribution in [2.45, 2.75) is 24.4 Å². The summed E-state index contributed by atoms with van der Waals surface area (Å²) in [5.74, 6) is 0.0379. The molecule has 5 rings (SSSR count). The molecule has 2 atom stereocenters. The zero-order valence-electron chi connectivity index (χ0n) is 16.7. The molecule has 4 aromatic rings. The van der Waals surface area contributed by atoms with Crippen LogP contribution in [-0.2, 0) is 9.47 Å². The third kappa shape index (κ3) is 3.80. The molecule has 1 fully saturated rings. The van der Waals surface area contributed by atoms with Gasteiger partial charge < -0.3 is 9.47 Å². The van der Waals surface area contributed by atoms with Gasteiger partial charge in [0.1, 0.15) is 0 Å². The summed E-state index contributed by atoms with van der Waals surface area (Å²) in [6.45, 7) is 0. The van der Waals surface area contributed by atoms with Crippen LogP contribution in [0.4, 0.5) is 0 Å². The quantitative estimate of drug-likeness (QED) is 0.372. The lowest BCUT2D eigenvalue weighted by molar-refractivity contribution is -0.264. The molecule has 0 N–H and O–H groups in total. The Morgan fingerprint density at radius 1 is 0.367 bits per heavy atom. The molecule has 30 heavy (non-hydrogen) atoms. The van der Waals surface area contributed by atoms with Crippen LogP contribution < -0.4 is 0 Å². The lowest BCUT2D eigenvalue weighted by atomic mass is 9.81. The van der Waals surface area contributed by atoms with Crippen LogP contribution in [0.2, 0.25) is 0 Å². The summed E-state index contributed by atoms with van der Waals surface area (Å²) >= 11 is 0. The smallest absolute Gasteiger partial charge is 0.185 e. The first-order valence-corrected chi connectivity index (χ1v) is 10.4. The highest BCUT2D eigenvalue weighted by atomic mass is 16.7. The fourth-order valence-electron chi connectivity index (χ4n) is 4.28. The fourth-order valence-corrected chi connectivity index (χ4v) is 4.28. The first kappa shape index (κ1) is 18.8. The molecule has 0 aromatic heterocycles. The van der Waals surface area contributed by atoms with Crippen molar-refractivity contribution in [3.05, 3.63) is 144 Å². The van der Waals surface area contributed by atoms with Crippen molar-refractivity contribution in [3.63, 3.8) is 0 Å². The van der Waals surface area contributed by atoms with Gasteiger partial charge in [0, 0.05) is 11.5 Å². The minimum atomic E-state index is -0.429. The minimum absolute atomic E-state index is 0.0379. The molecule has 0 radical (unpaired) electrons. The van der Waals surface area contributed by atoms with E-state index >= 15 is 0 Å². The molecule has 0 bridgehead atoms. The minimum Gasteiger partial charge on any atom is -0.340 e. The van der Waals surface area contributed by atoms with Crippen molar-refractivity contribution in [3.8, 4) is 0 Å². The van der Waals surface area contributed by atoms with Crippen molar-refractivity contribution in [2.24, 2.45) is 0 Å². The third-order valence-electron chi connectivity index (χ3n) is 5.71. The molecule has 1 heterocycles. The predicted octanol–water partition coefficient (Wildman–Crippen LogP) is 7.00. The number of ether oxygens (including phenoxy) is 2. The molecule has 0 aliphatic carbocycles. The van der Waals surface area contributed by atoms with E-state index in [2.05, 4.69) is 91.0 Å². The average molecular weight is 392 g/mol. The van der Waals surface area contributed by atoms with E-state index in [1.807, 2.05) is 30.3 Å². The van der Waals surface area contributed by atoms with Crippen LogP contribution in [0.3, 0.4) is 0 Å². The third-order valence-corrected chi connectivity index (χ3v) is 5.71. The predicted molar refractivity (Wildman–Crippen MR) is 119 cm³/mol. The highest BCUT2D eigenvalue weighted by Gasteiger charge is 2.42. The Morgan fingerprint density at radius 3 is 1.10 bits per heavy atom. The van der Waals surface area contributed by atoms with Crippen molar-refractivity contribution < 1.29 is 9.47 Å². The molecule has 1 aliphatic heterocycles. The first-order valence-electron chi connectivity index (χ1n) is 10.4. The molecule has 0 saturated carbocycles. The molecule has 148 valence electrons. The second kappa shape index (κ2) is 8.66. The lowest BCUT2D eigenvalue weighted by Crippen LogP contribution is -2.32. The maximum Gasteiger partial charge on any atom is 0.185 e. The standard InChI is InChI=1S/C28H24O2/c1-5-13-21(14-6-1)25-26(22-15-7-2-8-16-22)29-28(24-19-11-4-12-20-24)30-27(25)23-17-9-3-10-18-23/h1-20,25-28H. The van der Waals surface area contributed by atoms with Crippen LogP contribution in [-0.4, -0.2) is 0 Å². The van der Waals surface area contributed by atoms with Gasteiger partial charge in [-0.05, 0) is 16.7 Å². The Labute approximate surface area is 177 Å². The van der Waals surface area contributed by atoms with Crippen LogP contribution in [0.15, 0.2) is 121 Å². The molecule has 0 amide bonds. The molecule has 4 aromatic carbocycles. The number of hydrogen-bond donors (Lipinski definition) is 0. The lowest BCUT2D eigenvalue weighted by Gasteiger charge is -2.43. The summed E-state index contributed by atoms with van der Waals surface area (Å²) in [7, 11) is 0.